The van der Waals surface area contributed by atoms with Crippen LogP contribution >= 0.6 is 0 Å². The number of nitrogens with one attached hydrogen (secondary N) is 1. The average molecular weight is 201 g/mol. The Bertz CT molecular complexity index is 483. The molecule has 3 nitrogen and oxygen atoms in total. The van der Waals surface area contributed by atoms with E-state index in [2.05, 4.69) is 39.1 Å². The van der Waals surface area contributed by atoms with Crippen molar-refractivity contribution in [2.75, 3.05) is 7.05 Å². The number of imidazole rings is 1. The highest BCUT2D eigenvalue weighted by atomic mass is 15.1. The number of benzene rings is 1. The van der Waals surface area contributed by atoms with Crippen molar-refractivity contribution in [3.8, 4) is 0 Å². The Labute approximate surface area is 89.1 Å². The van der Waals surface area contributed by atoms with Crippen molar-refractivity contribution in [3.05, 3.63) is 30.1 Å². The minimum atomic E-state index is 0.695. The maximum Gasteiger partial charge on any atom is 0.124 e. The van der Waals surface area contributed by atoms with Crippen LogP contribution in [0.3, 0.4) is 0 Å². The largest absolute Gasteiger partial charge is 0.324 e. The maximum atomic E-state index is 4.66. The van der Waals surface area contributed by atoms with Crippen LogP contribution in [0.15, 0.2) is 24.3 Å². The molecule has 78 valence electrons. The first-order valence-electron chi connectivity index (χ1n) is 5.50. The van der Waals surface area contributed by atoms with Crippen LogP contribution in [0.5, 0.6) is 0 Å². The maximum absolute atomic E-state index is 4.66. The lowest BCUT2D eigenvalue weighted by molar-refractivity contribution is 0.659. The Morgan fingerprint density at radius 1 is 1.40 bits per heavy atom. The molecule has 0 saturated heterocycles. The number of hydrogen-bond donors (Lipinski definition) is 1. The molecule has 1 heterocycles. The van der Waals surface area contributed by atoms with E-state index in [0.29, 0.717) is 6.04 Å². The highest BCUT2D eigenvalue weighted by Crippen LogP contribution is 2.38. The van der Waals surface area contributed by atoms with Crippen LogP contribution in [0.2, 0.25) is 0 Å². The van der Waals surface area contributed by atoms with Crippen molar-refractivity contribution in [2.24, 2.45) is 0 Å². The standard InChI is InChI=1S/C12H15N3/c1-13-8-12-14-10-4-2-3-5-11(10)15(12)9-6-7-9/h2-5,9,13H,6-8H2,1H3. The van der Waals surface area contributed by atoms with Gasteiger partial charge in [0.25, 0.3) is 0 Å². The van der Waals surface area contributed by atoms with Gasteiger partial charge in [-0.1, -0.05) is 12.1 Å². The average Bonchev–Trinajstić information content (AvgIpc) is 3.01. The number of fused-ring (bicyclic) bond motifs is 1. The number of hydrogen-bond acceptors (Lipinski definition) is 2. The first kappa shape index (κ1) is 8.92. The lowest BCUT2D eigenvalue weighted by Crippen LogP contribution is -2.11. The molecule has 1 fully saturated rings. The van der Waals surface area contributed by atoms with Crippen LogP contribution in [0.4, 0.5) is 0 Å². The third-order valence-electron chi connectivity index (χ3n) is 2.92. The second-order valence-electron chi connectivity index (χ2n) is 4.15. The molecule has 0 bridgehead atoms. The molecule has 0 spiro atoms. The molecule has 0 amide bonds. The molecule has 2 aromatic rings. The zero-order valence-corrected chi connectivity index (χ0v) is 8.90. The highest BCUT2D eigenvalue weighted by Gasteiger charge is 2.27. The van der Waals surface area contributed by atoms with Gasteiger partial charge in [-0.3, -0.25) is 0 Å². The van der Waals surface area contributed by atoms with E-state index >= 15 is 0 Å². The van der Waals surface area contributed by atoms with Crippen LogP contribution in [0.1, 0.15) is 24.7 Å². The molecular formula is C12H15N3. The zero-order valence-electron chi connectivity index (χ0n) is 8.90. The first-order valence-corrected chi connectivity index (χ1v) is 5.50. The van der Waals surface area contributed by atoms with Crippen molar-refractivity contribution in [3.63, 3.8) is 0 Å². The summed E-state index contributed by atoms with van der Waals surface area (Å²) in [5.41, 5.74) is 2.40. The topological polar surface area (TPSA) is 29.9 Å². The molecule has 1 N–H and O–H groups in total. The van der Waals surface area contributed by atoms with Gasteiger partial charge in [0.05, 0.1) is 17.6 Å². The van der Waals surface area contributed by atoms with Gasteiger partial charge in [-0.25, -0.2) is 4.98 Å². The fourth-order valence-electron chi connectivity index (χ4n) is 2.12. The summed E-state index contributed by atoms with van der Waals surface area (Å²) < 4.78 is 2.39. The molecule has 3 rings (SSSR count). The van der Waals surface area contributed by atoms with Crippen LogP contribution in [-0.4, -0.2) is 16.6 Å². The molecule has 1 aliphatic rings. The third kappa shape index (κ3) is 1.43. The molecular weight excluding hydrogens is 186 g/mol. The van der Waals surface area contributed by atoms with Gasteiger partial charge >= 0.3 is 0 Å². The highest BCUT2D eigenvalue weighted by molar-refractivity contribution is 5.76. The SMILES string of the molecule is CNCc1nc2ccccc2n1C1CC1. The van der Waals surface area contributed by atoms with E-state index in [9.17, 15) is 0 Å². The summed E-state index contributed by atoms with van der Waals surface area (Å²) in [4.78, 5) is 4.66. The minimum absolute atomic E-state index is 0.695. The molecule has 0 unspecified atom stereocenters. The molecule has 1 aliphatic carbocycles. The summed E-state index contributed by atoms with van der Waals surface area (Å²) in [7, 11) is 1.97. The molecule has 0 aliphatic heterocycles. The van der Waals surface area contributed by atoms with Gasteiger partial charge in [-0.15, -0.1) is 0 Å². The van der Waals surface area contributed by atoms with Gasteiger partial charge in [0.1, 0.15) is 5.82 Å². The van der Waals surface area contributed by atoms with Crippen molar-refractivity contribution in [1.82, 2.24) is 14.9 Å². The smallest absolute Gasteiger partial charge is 0.124 e. The van der Waals surface area contributed by atoms with Gasteiger partial charge < -0.3 is 9.88 Å². The lowest BCUT2D eigenvalue weighted by Gasteiger charge is -2.06. The molecule has 15 heavy (non-hydrogen) atoms. The Kier molecular flexibility index (Phi) is 1.99. The van der Waals surface area contributed by atoms with Crippen molar-refractivity contribution in [1.29, 1.82) is 0 Å². The van der Waals surface area contributed by atoms with E-state index in [1.807, 2.05) is 7.05 Å². The Balaban J connectivity index is 2.19. The number of rotatable bonds is 3. The quantitative estimate of drug-likeness (QED) is 0.824. The Morgan fingerprint density at radius 3 is 2.93 bits per heavy atom. The van der Waals surface area contributed by atoms with Gasteiger partial charge in [0.2, 0.25) is 0 Å². The molecule has 1 aromatic carbocycles. The summed E-state index contributed by atoms with van der Waals surface area (Å²) in [6.45, 7) is 0.852. The third-order valence-corrected chi connectivity index (χ3v) is 2.92. The van der Waals surface area contributed by atoms with Crippen LogP contribution in [0.25, 0.3) is 11.0 Å². The van der Waals surface area contributed by atoms with Gasteiger partial charge in [0, 0.05) is 6.04 Å². The summed E-state index contributed by atoms with van der Waals surface area (Å²) in [6.07, 6.45) is 2.61. The van der Waals surface area contributed by atoms with E-state index < -0.39 is 0 Å². The van der Waals surface area contributed by atoms with E-state index in [1.54, 1.807) is 0 Å². The Morgan fingerprint density at radius 2 is 2.20 bits per heavy atom. The van der Waals surface area contributed by atoms with Crippen LogP contribution < -0.4 is 5.32 Å². The zero-order chi connectivity index (χ0) is 10.3. The Hall–Kier alpha value is -1.35. The number of aromatic nitrogens is 2. The second-order valence-corrected chi connectivity index (χ2v) is 4.15. The van der Waals surface area contributed by atoms with Crippen molar-refractivity contribution >= 4 is 11.0 Å². The van der Waals surface area contributed by atoms with Crippen LogP contribution in [0, 0.1) is 0 Å². The van der Waals surface area contributed by atoms with E-state index in [-0.39, 0.29) is 0 Å². The van der Waals surface area contributed by atoms with Gasteiger partial charge in [-0.2, -0.15) is 0 Å². The molecule has 1 aromatic heterocycles. The summed E-state index contributed by atoms with van der Waals surface area (Å²) in [5, 5.41) is 3.18. The van der Waals surface area contributed by atoms with Crippen molar-refractivity contribution < 1.29 is 0 Å². The predicted octanol–water partition coefficient (Wildman–Crippen LogP) is 2.09. The summed E-state index contributed by atoms with van der Waals surface area (Å²) >= 11 is 0. The summed E-state index contributed by atoms with van der Waals surface area (Å²) in [6, 6.07) is 9.09. The summed E-state index contributed by atoms with van der Waals surface area (Å²) in [5.74, 6) is 1.17. The number of para-hydroxylation sites is 2. The molecule has 1 saturated carbocycles. The number of nitrogens with zero attached hydrogens (tertiary/aromatic N) is 2. The normalized spacial score (nSPS) is 16.1. The molecule has 0 atom stereocenters. The van der Waals surface area contributed by atoms with Gasteiger partial charge in [0.15, 0.2) is 0 Å². The van der Waals surface area contributed by atoms with Gasteiger partial charge in [-0.05, 0) is 32.0 Å². The van der Waals surface area contributed by atoms with E-state index in [0.717, 1.165) is 12.1 Å². The molecule has 0 radical (unpaired) electrons. The fraction of sp³-hybridized carbons (Fsp3) is 0.417. The van der Waals surface area contributed by atoms with E-state index in [1.165, 1.54) is 24.2 Å². The first-order chi connectivity index (χ1) is 7.40. The fourth-order valence-corrected chi connectivity index (χ4v) is 2.12. The van der Waals surface area contributed by atoms with E-state index in [4.69, 9.17) is 0 Å². The van der Waals surface area contributed by atoms with Crippen molar-refractivity contribution in [2.45, 2.75) is 25.4 Å². The molecule has 3 heteroatoms. The second kappa shape index (κ2) is 3.35. The lowest BCUT2D eigenvalue weighted by atomic mass is 10.3. The van der Waals surface area contributed by atoms with Crippen LogP contribution in [-0.2, 0) is 6.54 Å². The monoisotopic (exact) mass is 201 g/mol. The predicted molar refractivity (Wildman–Crippen MR) is 60.8 cm³/mol. The minimum Gasteiger partial charge on any atom is -0.324 e.